The fourth-order valence-corrected chi connectivity index (χ4v) is 7.53. The highest BCUT2D eigenvalue weighted by Gasteiger charge is 2.21. The van der Waals surface area contributed by atoms with Crippen LogP contribution >= 0.6 is 0 Å². The molecule has 0 bridgehead atoms. The number of ether oxygens (including phenoxy) is 4. The van der Waals surface area contributed by atoms with Gasteiger partial charge in [0, 0.05) is 10.8 Å². The number of nitrogens with zero attached hydrogens (tertiary/aromatic N) is 4. The van der Waals surface area contributed by atoms with E-state index in [1.54, 1.807) is 36.4 Å². The Morgan fingerprint density at radius 1 is 0.309 bits per heavy atom. The van der Waals surface area contributed by atoms with Gasteiger partial charge in [-0.3, -0.25) is 56.6 Å². The summed E-state index contributed by atoms with van der Waals surface area (Å²) in [5.41, 5.74) is -4.44. The molecule has 0 atom stereocenters. The van der Waals surface area contributed by atoms with Crippen LogP contribution in [0.15, 0.2) is 99.0 Å². The number of aromatic hydroxyl groups is 2. The zero-order valence-electron chi connectivity index (χ0n) is 36.5. The molecule has 0 aliphatic heterocycles. The maximum Gasteiger partial charge on any atom is 0.261 e. The SMILES string of the molecule is O=c1c2cc3c(=O)n(CCOCCO)c(=O)c3cc2c(=O)n1CCOCCO.O=c1c2cc3c(=O)n(CCOCCO)c(=O)c3cc2c(=O)n1CCOCCO.Oc1cccc2c(O)cccc12. The lowest BCUT2D eigenvalue weighted by Gasteiger charge is -2.01. The summed E-state index contributed by atoms with van der Waals surface area (Å²) in [4.78, 5) is 100. The number of rotatable bonds is 20. The second kappa shape index (κ2) is 23.1. The van der Waals surface area contributed by atoms with Crippen molar-refractivity contribution >= 4 is 53.9 Å². The molecule has 4 aromatic heterocycles. The third-order valence-electron chi connectivity index (χ3n) is 10.8. The zero-order chi connectivity index (χ0) is 49.1. The highest BCUT2D eigenvalue weighted by molar-refractivity contribution is 5.99. The molecule has 6 N–H and O–H groups in total. The first kappa shape index (κ1) is 50.4. The van der Waals surface area contributed by atoms with Crippen LogP contribution in [0, 0.1) is 0 Å². The van der Waals surface area contributed by atoms with Crippen molar-refractivity contribution in [3.63, 3.8) is 0 Å². The van der Waals surface area contributed by atoms with E-state index in [1.165, 1.54) is 24.3 Å². The molecule has 22 nitrogen and oxygen atoms in total. The summed E-state index contributed by atoms with van der Waals surface area (Å²) in [6, 6.07) is 15.3. The lowest BCUT2D eigenvalue weighted by atomic mass is 10.1. The van der Waals surface area contributed by atoms with Gasteiger partial charge in [0.15, 0.2) is 0 Å². The van der Waals surface area contributed by atoms with Gasteiger partial charge in [-0.2, -0.15) is 0 Å². The van der Waals surface area contributed by atoms with E-state index >= 15 is 0 Å². The average molecular weight is 945 g/mol. The molecular formula is C46H48N4O18. The number of phenolic OH excluding ortho intramolecular Hbond substituents is 2. The van der Waals surface area contributed by atoms with Gasteiger partial charge in [0.2, 0.25) is 0 Å². The lowest BCUT2D eigenvalue weighted by Crippen LogP contribution is -2.28. The number of fused-ring (bicyclic) bond motifs is 5. The Kier molecular flexibility index (Phi) is 17.1. The Labute approximate surface area is 381 Å². The Bertz CT molecular complexity index is 2910. The van der Waals surface area contributed by atoms with Gasteiger partial charge in [0.25, 0.3) is 44.5 Å². The summed E-state index contributed by atoms with van der Waals surface area (Å²) in [7, 11) is 0. The number of benzene rings is 4. The van der Waals surface area contributed by atoms with Crippen LogP contribution in [0.25, 0.3) is 53.9 Å². The first-order valence-corrected chi connectivity index (χ1v) is 21.3. The number of phenols is 2. The van der Waals surface area contributed by atoms with Crippen molar-refractivity contribution in [3.8, 4) is 11.5 Å². The second-order valence-corrected chi connectivity index (χ2v) is 14.9. The first-order chi connectivity index (χ1) is 32.8. The Balaban J connectivity index is 0.000000181. The molecule has 4 heterocycles. The Morgan fingerprint density at radius 3 is 0.706 bits per heavy atom. The molecular weight excluding hydrogens is 897 g/mol. The number of aliphatic hydroxyl groups excluding tert-OH is 4. The van der Waals surface area contributed by atoms with Crippen LogP contribution in [-0.2, 0) is 45.1 Å². The maximum atomic E-state index is 12.5. The number of hydrogen-bond donors (Lipinski definition) is 6. The zero-order valence-corrected chi connectivity index (χ0v) is 36.5. The standard InChI is InChI=1S/2C18H20N2O8.C10H8O2/c2*21-3-7-27-5-1-19-15(23)11-9-13-14(10-12(11)16(19)24)18(26)20(17(13)25)2-6-28-8-4-22;11-9-5-1-3-7-8(9)4-2-6-10(7)12/h2*9-10,21-22H,1-8H2;1-6,11-12H. The van der Waals surface area contributed by atoms with Crippen LogP contribution in [0.3, 0.4) is 0 Å². The Hall–Kier alpha value is -7.02. The number of hydrogen-bond acceptors (Lipinski definition) is 18. The van der Waals surface area contributed by atoms with Gasteiger partial charge in [0.05, 0.1) is 149 Å². The van der Waals surface area contributed by atoms with E-state index in [0.717, 1.165) is 18.3 Å². The highest BCUT2D eigenvalue weighted by Crippen LogP contribution is 2.30. The fourth-order valence-electron chi connectivity index (χ4n) is 7.53. The molecule has 22 heteroatoms. The molecule has 0 aliphatic carbocycles. The molecule has 0 unspecified atom stereocenters. The molecule has 8 rings (SSSR count). The predicted octanol–water partition coefficient (Wildman–Crippen LogP) is -1.89. The van der Waals surface area contributed by atoms with Crippen LogP contribution in [0.5, 0.6) is 11.5 Å². The lowest BCUT2D eigenvalue weighted by molar-refractivity contribution is 0.0863. The second-order valence-electron chi connectivity index (χ2n) is 14.9. The molecule has 4 aromatic carbocycles. The summed E-state index contributed by atoms with van der Waals surface area (Å²) in [6.07, 6.45) is 0. The van der Waals surface area contributed by atoms with Gasteiger partial charge in [-0.15, -0.1) is 0 Å². The van der Waals surface area contributed by atoms with Crippen molar-refractivity contribution < 1.29 is 49.6 Å². The summed E-state index contributed by atoms with van der Waals surface area (Å²) >= 11 is 0. The largest absolute Gasteiger partial charge is 0.507 e. The predicted molar refractivity (Wildman–Crippen MR) is 249 cm³/mol. The Morgan fingerprint density at radius 2 is 0.515 bits per heavy atom. The molecule has 0 saturated heterocycles. The van der Waals surface area contributed by atoms with Crippen molar-refractivity contribution in [2.45, 2.75) is 26.2 Å². The molecule has 0 saturated carbocycles. The minimum atomic E-state index is -0.555. The van der Waals surface area contributed by atoms with E-state index in [9.17, 15) is 48.6 Å². The van der Waals surface area contributed by atoms with E-state index in [-0.39, 0.29) is 160 Å². The minimum Gasteiger partial charge on any atom is -0.507 e. The first-order valence-electron chi connectivity index (χ1n) is 21.3. The third-order valence-corrected chi connectivity index (χ3v) is 10.8. The monoisotopic (exact) mass is 944 g/mol. The van der Waals surface area contributed by atoms with E-state index < -0.39 is 44.5 Å². The van der Waals surface area contributed by atoms with E-state index in [4.69, 9.17) is 39.4 Å². The summed E-state index contributed by atoms with van der Waals surface area (Å²) < 4.78 is 24.3. The van der Waals surface area contributed by atoms with Gasteiger partial charge in [-0.25, -0.2) is 0 Å². The molecule has 360 valence electrons. The summed E-state index contributed by atoms with van der Waals surface area (Å²) in [5.74, 6) is 0.395. The molecule has 0 spiro atoms. The smallest absolute Gasteiger partial charge is 0.261 e. The van der Waals surface area contributed by atoms with Crippen LogP contribution in [0.2, 0.25) is 0 Å². The quantitative estimate of drug-likeness (QED) is 0.0455. The van der Waals surface area contributed by atoms with E-state index in [0.29, 0.717) is 10.8 Å². The van der Waals surface area contributed by atoms with Crippen molar-refractivity contribution in [1.82, 2.24) is 18.3 Å². The van der Waals surface area contributed by atoms with Gasteiger partial charge in [-0.1, -0.05) is 24.3 Å². The average Bonchev–Trinajstić information content (AvgIpc) is 3.91. The summed E-state index contributed by atoms with van der Waals surface area (Å²) in [6.45, 7) is 0.0451. The van der Waals surface area contributed by atoms with Gasteiger partial charge >= 0.3 is 0 Å². The van der Waals surface area contributed by atoms with Gasteiger partial charge < -0.3 is 49.6 Å². The van der Waals surface area contributed by atoms with E-state index in [2.05, 4.69) is 0 Å². The maximum absolute atomic E-state index is 12.5. The molecule has 0 aliphatic rings. The van der Waals surface area contributed by atoms with Crippen LogP contribution in [0.1, 0.15) is 0 Å². The molecule has 0 fully saturated rings. The van der Waals surface area contributed by atoms with Crippen molar-refractivity contribution in [3.05, 3.63) is 143 Å². The number of aliphatic hydroxyl groups is 4. The van der Waals surface area contributed by atoms with Crippen molar-refractivity contribution in [2.24, 2.45) is 0 Å². The molecule has 68 heavy (non-hydrogen) atoms. The van der Waals surface area contributed by atoms with Crippen LogP contribution in [-0.4, -0.2) is 128 Å². The highest BCUT2D eigenvalue weighted by atomic mass is 16.5. The fraction of sp³-hybridized carbons (Fsp3) is 0.348. The van der Waals surface area contributed by atoms with Crippen molar-refractivity contribution in [2.75, 3.05) is 79.3 Å². The van der Waals surface area contributed by atoms with E-state index in [1.807, 2.05) is 0 Å². The topological polar surface area (TPSA) is 315 Å². The normalized spacial score (nSPS) is 11.5. The molecule has 8 aromatic rings. The molecule has 0 amide bonds. The van der Waals surface area contributed by atoms with Crippen molar-refractivity contribution in [1.29, 1.82) is 0 Å². The van der Waals surface area contributed by atoms with Gasteiger partial charge in [0.1, 0.15) is 11.5 Å². The minimum absolute atomic E-state index is 0.00717. The number of aromatic nitrogens is 4. The van der Waals surface area contributed by atoms with Gasteiger partial charge in [-0.05, 0) is 36.4 Å². The van der Waals surface area contributed by atoms with Crippen LogP contribution < -0.4 is 44.5 Å². The third kappa shape index (κ3) is 10.6. The van der Waals surface area contributed by atoms with Crippen LogP contribution in [0.4, 0.5) is 0 Å². The summed E-state index contributed by atoms with van der Waals surface area (Å²) in [5, 5.41) is 55.5. The molecule has 0 radical (unpaired) electrons.